The topological polar surface area (TPSA) is 99.3 Å². The van der Waals surface area contributed by atoms with Crippen LogP contribution in [0, 0.1) is 13.8 Å². The Morgan fingerprint density at radius 2 is 1.88 bits per heavy atom. The maximum atomic E-state index is 12.0. The third-order valence-electron chi connectivity index (χ3n) is 2.24. The van der Waals surface area contributed by atoms with Crippen molar-refractivity contribution in [2.75, 3.05) is 0 Å². The zero-order chi connectivity index (χ0) is 13.4. The Morgan fingerprint density at radius 3 is 2.24 bits per heavy atom. The van der Waals surface area contributed by atoms with Crippen molar-refractivity contribution in [3.8, 4) is 0 Å². The van der Waals surface area contributed by atoms with Crippen molar-refractivity contribution in [1.82, 2.24) is 9.71 Å². The van der Waals surface area contributed by atoms with E-state index < -0.39 is 16.0 Å². The normalized spacial score (nSPS) is 12.1. The molecular weight excluding hydrogens is 244 g/mol. The van der Waals surface area contributed by atoms with Crippen LogP contribution in [0.25, 0.3) is 0 Å². The molecule has 0 aromatic carbocycles. The van der Waals surface area contributed by atoms with Gasteiger partial charge in [0.15, 0.2) is 0 Å². The highest BCUT2D eigenvalue weighted by Crippen LogP contribution is 2.23. The molecule has 1 aromatic heterocycles. The number of nitrogens with one attached hydrogen (secondary N) is 2. The number of sulfonamides is 1. The maximum Gasteiger partial charge on any atom is 0.352 e. The number of aryl methyl sites for hydroxylation is 1. The molecule has 0 aliphatic carbocycles. The summed E-state index contributed by atoms with van der Waals surface area (Å²) < 4.78 is 26.4. The van der Waals surface area contributed by atoms with E-state index in [-0.39, 0.29) is 22.2 Å². The highest BCUT2D eigenvalue weighted by Gasteiger charge is 2.26. The van der Waals surface area contributed by atoms with Gasteiger partial charge < -0.3 is 10.1 Å². The van der Waals surface area contributed by atoms with Crippen LogP contribution in [0.5, 0.6) is 0 Å². The van der Waals surface area contributed by atoms with Gasteiger partial charge >= 0.3 is 5.97 Å². The van der Waals surface area contributed by atoms with Crippen LogP contribution in [0.3, 0.4) is 0 Å². The molecule has 0 aliphatic heterocycles. The molecule has 1 aromatic rings. The third kappa shape index (κ3) is 2.67. The summed E-state index contributed by atoms with van der Waals surface area (Å²) in [6, 6.07) is -0.248. The van der Waals surface area contributed by atoms with Gasteiger partial charge in [-0.25, -0.2) is 17.9 Å². The number of carboxylic acid groups (broad SMARTS) is 1. The van der Waals surface area contributed by atoms with Crippen molar-refractivity contribution in [2.45, 2.75) is 38.6 Å². The zero-order valence-corrected chi connectivity index (χ0v) is 11.0. The summed E-state index contributed by atoms with van der Waals surface area (Å²) in [4.78, 5) is 13.5. The average Bonchev–Trinajstić information content (AvgIpc) is 2.39. The number of carbonyl (C=O) groups is 1. The molecule has 0 aliphatic rings. The Balaban J connectivity index is 3.38. The third-order valence-corrected chi connectivity index (χ3v) is 4.17. The number of rotatable bonds is 4. The summed E-state index contributed by atoms with van der Waals surface area (Å²) in [5.41, 5.74) is 0.461. The molecule has 1 heterocycles. The summed E-state index contributed by atoms with van der Waals surface area (Å²) in [5.74, 6) is -1.17. The summed E-state index contributed by atoms with van der Waals surface area (Å²) in [6.45, 7) is 6.41. The lowest BCUT2D eigenvalue weighted by Gasteiger charge is -2.10. The van der Waals surface area contributed by atoms with Crippen LogP contribution in [0.4, 0.5) is 0 Å². The highest BCUT2D eigenvalue weighted by atomic mass is 32.2. The second-order valence-electron chi connectivity index (χ2n) is 4.16. The lowest BCUT2D eigenvalue weighted by atomic mass is 10.2. The number of carboxylic acids is 1. The SMILES string of the molecule is Cc1[nH]c(C(=O)O)c(C)c1S(=O)(=O)NC(C)C. The van der Waals surface area contributed by atoms with E-state index in [1.54, 1.807) is 13.8 Å². The maximum absolute atomic E-state index is 12.0. The van der Waals surface area contributed by atoms with Crippen molar-refractivity contribution < 1.29 is 18.3 Å². The van der Waals surface area contributed by atoms with Crippen LogP contribution in [0.15, 0.2) is 4.90 Å². The molecule has 0 spiro atoms. The molecule has 96 valence electrons. The summed E-state index contributed by atoms with van der Waals surface area (Å²) >= 11 is 0. The summed E-state index contributed by atoms with van der Waals surface area (Å²) in [7, 11) is -3.68. The van der Waals surface area contributed by atoms with E-state index in [0.29, 0.717) is 5.69 Å². The Bertz CT molecular complexity index is 543. The second-order valence-corrected chi connectivity index (χ2v) is 5.81. The second kappa shape index (κ2) is 4.50. The molecule has 0 fully saturated rings. The van der Waals surface area contributed by atoms with Gasteiger partial charge in [0.05, 0.1) is 0 Å². The van der Waals surface area contributed by atoms with E-state index in [0.717, 1.165) is 0 Å². The zero-order valence-electron chi connectivity index (χ0n) is 10.2. The van der Waals surface area contributed by atoms with Crippen LogP contribution in [0.1, 0.15) is 35.6 Å². The summed E-state index contributed by atoms with van der Waals surface area (Å²) in [6.07, 6.45) is 0. The van der Waals surface area contributed by atoms with Gasteiger partial charge in [-0.2, -0.15) is 0 Å². The van der Waals surface area contributed by atoms with Crippen molar-refractivity contribution >= 4 is 16.0 Å². The van der Waals surface area contributed by atoms with Gasteiger partial charge in [0.25, 0.3) is 0 Å². The fourth-order valence-corrected chi connectivity index (χ4v) is 3.42. The van der Waals surface area contributed by atoms with Gasteiger partial charge in [0.1, 0.15) is 10.6 Å². The van der Waals surface area contributed by atoms with Crippen molar-refractivity contribution in [3.63, 3.8) is 0 Å². The monoisotopic (exact) mass is 260 g/mol. The first kappa shape index (κ1) is 13.7. The van der Waals surface area contributed by atoms with E-state index in [1.165, 1.54) is 13.8 Å². The smallest absolute Gasteiger partial charge is 0.352 e. The first-order valence-electron chi connectivity index (χ1n) is 5.11. The van der Waals surface area contributed by atoms with Gasteiger partial charge in [0, 0.05) is 17.3 Å². The molecule has 0 amide bonds. The molecule has 0 saturated carbocycles. The minimum absolute atomic E-state index is 0.0172. The number of aromatic nitrogens is 1. The predicted octanol–water partition coefficient (Wildman–Crippen LogP) is 1.02. The van der Waals surface area contributed by atoms with Gasteiger partial charge in [0.2, 0.25) is 10.0 Å². The predicted molar refractivity (Wildman–Crippen MR) is 62.7 cm³/mol. The molecule has 7 heteroatoms. The van der Waals surface area contributed by atoms with Gasteiger partial charge in [-0.1, -0.05) is 0 Å². The molecule has 6 nitrogen and oxygen atoms in total. The molecule has 0 atom stereocenters. The van der Waals surface area contributed by atoms with Crippen LogP contribution < -0.4 is 4.72 Å². The molecule has 17 heavy (non-hydrogen) atoms. The molecule has 0 bridgehead atoms. The van der Waals surface area contributed by atoms with E-state index in [1.807, 2.05) is 0 Å². The molecular formula is C10H16N2O4S. The fraction of sp³-hybridized carbons (Fsp3) is 0.500. The minimum atomic E-state index is -3.68. The van der Waals surface area contributed by atoms with Crippen molar-refractivity contribution in [2.24, 2.45) is 0 Å². The molecule has 3 N–H and O–H groups in total. The Labute approximate surface area is 100 Å². The van der Waals surface area contributed by atoms with Crippen molar-refractivity contribution in [3.05, 3.63) is 17.0 Å². The first-order chi connectivity index (χ1) is 7.66. The molecule has 0 unspecified atom stereocenters. The summed E-state index contributed by atoms with van der Waals surface area (Å²) in [5, 5.41) is 8.90. The van der Waals surface area contributed by atoms with E-state index >= 15 is 0 Å². The fourth-order valence-electron chi connectivity index (χ4n) is 1.72. The van der Waals surface area contributed by atoms with Crippen LogP contribution >= 0.6 is 0 Å². The number of hydrogen-bond donors (Lipinski definition) is 3. The van der Waals surface area contributed by atoms with Gasteiger partial charge in [-0.15, -0.1) is 0 Å². The van der Waals surface area contributed by atoms with Crippen LogP contribution in [-0.2, 0) is 10.0 Å². The lowest BCUT2D eigenvalue weighted by Crippen LogP contribution is -2.30. The van der Waals surface area contributed by atoms with E-state index in [9.17, 15) is 13.2 Å². The average molecular weight is 260 g/mol. The Hall–Kier alpha value is -1.34. The molecule has 1 rings (SSSR count). The highest BCUT2D eigenvalue weighted by molar-refractivity contribution is 7.89. The Kier molecular flexibility index (Phi) is 3.63. The minimum Gasteiger partial charge on any atom is -0.477 e. The Morgan fingerprint density at radius 1 is 1.35 bits per heavy atom. The first-order valence-corrected chi connectivity index (χ1v) is 6.60. The standard InChI is InChI=1S/C10H16N2O4S/c1-5(2)12-17(15,16)9-6(3)8(10(13)14)11-7(9)4/h5,11-12H,1-4H3,(H,13,14). The number of hydrogen-bond acceptors (Lipinski definition) is 3. The lowest BCUT2D eigenvalue weighted by molar-refractivity contribution is 0.0690. The van der Waals surface area contributed by atoms with E-state index in [2.05, 4.69) is 9.71 Å². The van der Waals surface area contributed by atoms with Gasteiger partial charge in [-0.3, -0.25) is 0 Å². The number of aromatic amines is 1. The van der Waals surface area contributed by atoms with Crippen molar-refractivity contribution in [1.29, 1.82) is 0 Å². The van der Waals surface area contributed by atoms with E-state index in [4.69, 9.17) is 5.11 Å². The quantitative estimate of drug-likeness (QED) is 0.752. The number of H-pyrrole nitrogens is 1. The van der Waals surface area contributed by atoms with Crippen LogP contribution in [0.2, 0.25) is 0 Å². The molecule has 0 radical (unpaired) electrons. The largest absolute Gasteiger partial charge is 0.477 e. The molecule has 0 saturated heterocycles. The van der Waals surface area contributed by atoms with Gasteiger partial charge in [-0.05, 0) is 27.7 Å². The number of aromatic carboxylic acids is 1. The van der Waals surface area contributed by atoms with Crippen LogP contribution in [-0.4, -0.2) is 30.5 Å².